The predicted octanol–water partition coefficient (Wildman–Crippen LogP) is 4.37. The third-order valence-corrected chi connectivity index (χ3v) is 5.04. The zero-order valence-corrected chi connectivity index (χ0v) is 15.6. The minimum Gasteiger partial charge on any atom is -0.419 e. The van der Waals surface area contributed by atoms with Crippen molar-refractivity contribution >= 4 is 28.9 Å². The summed E-state index contributed by atoms with van der Waals surface area (Å²) in [4.78, 5) is 4.65. The molecule has 0 spiro atoms. The van der Waals surface area contributed by atoms with Gasteiger partial charge in [-0.05, 0) is 30.3 Å². The van der Waals surface area contributed by atoms with Gasteiger partial charge in [0.05, 0.1) is 17.1 Å². The van der Waals surface area contributed by atoms with Gasteiger partial charge in [-0.3, -0.25) is 4.90 Å². The molecule has 7 heteroatoms. The summed E-state index contributed by atoms with van der Waals surface area (Å²) in [7, 11) is 0. The molecule has 0 aliphatic carbocycles. The van der Waals surface area contributed by atoms with Gasteiger partial charge >= 0.3 is 0 Å². The third kappa shape index (κ3) is 3.85. The Morgan fingerprint density at radius 2 is 1.73 bits per heavy atom. The van der Waals surface area contributed by atoms with Crippen LogP contribution in [-0.2, 0) is 6.54 Å². The molecule has 3 aromatic rings. The number of piperazine rings is 1. The molecule has 1 aliphatic heterocycles. The van der Waals surface area contributed by atoms with Gasteiger partial charge in [0.25, 0.3) is 0 Å². The standard InChI is InChI=1S/C19H18Cl2N4O/c20-14-4-3-5-15(12-14)25-10-8-24(9-11-25)13-18-22-23-19(26-18)16-6-1-2-7-17(16)21/h1-7,12H,8-11,13H2. The van der Waals surface area contributed by atoms with Crippen LogP contribution < -0.4 is 4.90 Å². The van der Waals surface area contributed by atoms with Gasteiger partial charge in [-0.2, -0.15) is 0 Å². The highest BCUT2D eigenvalue weighted by molar-refractivity contribution is 6.33. The van der Waals surface area contributed by atoms with Crippen LogP contribution in [0.15, 0.2) is 52.9 Å². The Morgan fingerprint density at radius 1 is 0.923 bits per heavy atom. The summed E-state index contributed by atoms with van der Waals surface area (Å²) in [6.45, 7) is 4.37. The van der Waals surface area contributed by atoms with Crippen molar-refractivity contribution in [2.75, 3.05) is 31.1 Å². The van der Waals surface area contributed by atoms with Crippen LogP contribution in [0.2, 0.25) is 10.0 Å². The fourth-order valence-corrected chi connectivity index (χ4v) is 3.49. The van der Waals surface area contributed by atoms with Crippen LogP contribution in [0.3, 0.4) is 0 Å². The van der Waals surface area contributed by atoms with Crippen LogP contribution in [0.4, 0.5) is 5.69 Å². The molecule has 4 rings (SSSR count). The van der Waals surface area contributed by atoms with Gasteiger partial charge in [-0.15, -0.1) is 10.2 Å². The fourth-order valence-electron chi connectivity index (χ4n) is 3.09. The average Bonchev–Trinajstić information content (AvgIpc) is 3.11. The molecule has 1 aromatic heterocycles. The van der Waals surface area contributed by atoms with Crippen LogP contribution in [0.25, 0.3) is 11.5 Å². The van der Waals surface area contributed by atoms with Crippen molar-refractivity contribution in [3.8, 4) is 11.5 Å². The van der Waals surface area contributed by atoms with Gasteiger partial charge < -0.3 is 9.32 Å². The first-order valence-corrected chi connectivity index (χ1v) is 9.25. The minimum atomic E-state index is 0.461. The summed E-state index contributed by atoms with van der Waals surface area (Å²) in [5.41, 5.74) is 1.93. The molecule has 1 aliphatic rings. The second-order valence-corrected chi connectivity index (χ2v) is 7.07. The molecular weight excluding hydrogens is 371 g/mol. The van der Waals surface area contributed by atoms with Crippen molar-refractivity contribution in [1.29, 1.82) is 0 Å². The SMILES string of the molecule is Clc1cccc(N2CCN(Cc3nnc(-c4ccccc4Cl)o3)CC2)c1. The molecule has 2 heterocycles. The summed E-state index contributed by atoms with van der Waals surface area (Å²) in [6, 6.07) is 15.5. The second-order valence-electron chi connectivity index (χ2n) is 6.22. The van der Waals surface area contributed by atoms with E-state index >= 15 is 0 Å². The molecule has 134 valence electrons. The van der Waals surface area contributed by atoms with E-state index in [2.05, 4.69) is 26.1 Å². The van der Waals surface area contributed by atoms with Crippen molar-refractivity contribution < 1.29 is 4.42 Å². The first-order valence-electron chi connectivity index (χ1n) is 8.49. The second kappa shape index (κ2) is 7.66. The van der Waals surface area contributed by atoms with E-state index in [0.717, 1.165) is 42.5 Å². The normalized spacial score (nSPS) is 15.4. The Labute approximate surface area is 162 Å². The van der Waals surface area contributed by atoms with Crippen LogP contribution in [0, 0.1) is 0 Å². The lowest BCUT2D eigenvalue weighted by molar-refractivity contribution is 0.227. The van der Waals surface area contributed by atoms with Gasteiger partial charge in [0.15, 0.2) is 0 Å². The summed E-state index contributed by atoms with van der Waals surface area (Å²) >= 11 is 12.3. The smallest absolute Gasteiger partial charge is 0.249 e. The maximum absolute atomic E-state index is 6.19. The van der Waals surface area contributed by atoms with E-state index in [4.69, 9.17) is 27.6 Å². The first-order chi connectivity index (χ1) is 12.7. The van der Waals surface area contributed by atoms with Crippen LogP contribution >= 0.6 is 23.2 Å². The quantitative estimate of drug-likeness (QED) is 0.663. The maximum atomic E-state index is 6.19. The molecule has 5 nitrogen and oxygen atoms in total. The number of hydrogen-bond donors (Lipinski definition) is 0. The summed E-state index contributed by atoms with van der Waals surface area (Å²) < 4.78 is 5.80. The number of hydrogen-bond acceptors (Lipinski definition) is 5. The number of anilines is 1. The molecular formula is C19H18Cl2N4O. The topological polar surface area (TPSA) is 45.4 Å². The molecule has 0 bridgehead atoms. The lowest BCUT2D eigenvalue weighted by Crippen LogP contribution is -2.46. The molecule has 0 amide bonds. The van der Waals surface area contributed by atoms with Crippen LogP contribution in [0.5, 0.6) is 0 Å². The highest BCUT2D eigenvalue weighted by Crippen LogP contribution is 2.26. The Balaban J connectivity index is 1.37. The van der Waals surface area contributed by atoms with E-state index in [-0.39, 0.29) is 0 Å². The van der Waals surface area contributed by atoms with Crippen molar-refractivity contribution in [3.63, 3.8) is 0 Å². The maximum Gasteiger partial charge on any atom is 0.249 e. The molecule has 0 atom stereocenters. The number of rotatable bonds is 4. The van der Waals surface area contributed by atoms with Crippen LogP contribution in [0.1, 0.15) is 5.89 Å². The number of nitrogens with zero attached hydrogens (tertiary/aromatic N) is 4. The molecule has 2 aromatic carbocycles. The van der Waals surface area contributed by atoms with Gasteiger partial charge in [0.1, 0.15) is 0 Å². The largest absolute Gasteiger partial charge is 0.419 e. The predicted molar refractivity (Wildman–Crippen MR) is 104 cm³/mol. The molecule has 0 radical (unpaired) electrons. The lowest BCUT2D eigenvalue weighted by atomic mass is 10.2. The number of benzene rings is 2. The highest BCUT2D eigenvalue weighted by atomic mass is 35.5. The fraction of sp³-hybridized carbons (Fsp3) is 0.263. The van der Waals surface area contributed by atoms with Gasteiger partial charge in [-0.1, -0.05) is 41.4 Å². The van der Waals surface area contributed by atoms with Gasteiger partial charge in [0, 0.05) is 36.9 Å². The average molecular weight is 389 g/mol. The Morgan fingerprint density at radius 3 is 2.50 bits per heavy atom. The van der Waals surface area contributed by atoms with Gasteiger partial charge in [0.2, 0.25) is 11.8 Å². The minimum absolute atomic E-state index is 0.461. The van der Waals surface area contributed by atoms with E-state index in [1.54, 1.807) is 0 Å². The van der Waals surface area contributed by atoms with E-state index in [1.807, 2.05) is 42.5 Å². The number of aromatic nitrogens is 2. The molecule has 1 fully saturated rings. The molecule has 26 heavy (non-hydrogen) atoms. The van der Waals surface area contributed by atoms with Crippen molar-refractivity contribution in [2.24, 2.45) is 0 Å². The molecule has 0 unspecified atom stereocenters. The molecule has 0 saturated carbocycles. The van der Waals surface area contributed by atoms with E-state index in [0.29, 0.717) is 23.3 Å². The summed E-state index contributed by atoms with van der Waals surface area (Å²) in [5.74, 6) is 1.07. The van der Waals surface area contributed by atoms with E-state index in [9.17, 15) is 0 Å². The first kappa shape index (κ1) is 17.3. The zero-order chi connectivity index (χ0) is 17.9. The molecule has 0 N–H and O–H groups in total. The highest BCUT2D eigenvalue weighted by Gasteiger charge is 2.20. The van der Waals surface area contributed by atoms with E-state index in [1.165, 1.54) is 0 Å². The van der Waals surface area contributed by atoms with Crippen molar-refractivity contribution in [1.82, 2.24) is 15.1 Å². The monoisotopic (exact) mass is 388 g/mol. The Kier molecular flexibility index (Phi) is 5.11. The zero-order valence-electron chi connectivity index (χ0n) is 14.1. The van der Waals surface area contributed by atoms with Crippen molar-refractivity contribution in [2.45, 2.75) is 6.54 Å². The lowest BCUT2D eigenvalue weighted by Gasteiger charge is -2.35. The van der Waals surface area contributed by atoms with E-state index < -0.39 is 0 Å². The Hall–Kier alpha value is -2.08. The molecule has 1 saturated heterocycles. The third-order valence-electron chi connectivity index (χ3n) is 4.48. The Bertz CT molecular complexity index is 891. The number of halogens is 2. The van der Waals surface area contributed by atoms with Crippen LogP contribution in [-0.4, -0.2) is 41.3 Å². The summed E-state index contributed by atoms with van der Waals surface area (Å²) in [6.07, 6.45) is 0. The summed E-state index contributed by atoms with van der Waals surface area (Å²) in [5, 5.41) is 9.68. The van der Waals surface area contributed by atoms with Gasteiger partial charge in [-0.25, -0.2) is 0 Å². The van der Waals surface area contributed by atoms with Crippen molar-refractivity contribution in [3.05, 3.63) is 64.5 Å².